The van der Waals surface area contributed by atoms with Crippen molar-refractivity contribution in [3.05, 3.63) is 102 Å². The predicted molar refractivity (Wildman–Crippen MR) is 131 cm³/mol. The summed E-state index contributed by atoms with van der Waals surface area (Å²) in [6.07, 6.45) is 1.15. The van der Waals surface area contributed by atoms with E-state index in [1.54, 1.807) is 16.6 Å². The van der Waals surface area contributed by atoms with Crippen LogP contribution in [0.5, 0.6) is 5.75 Å². The molecule has 3 aromatic carbocycles. The van der Waals surface area contributed by atoms with Crippen LogP contribution < -0.4 is 9.25 Å². The Hall–Kier alpha value is -4.65. The Morgan fingerprint density at radius 1 is 0.829 bits per heavy atom. The zero-order valence-corrected chi connectivity index (χ0v) is 18.8. The number of nitrogens with one attached hydrogen (secondary N) is 1. The van der Waals surface area contributed by atoms with Gasteiger partial charge in [-0.1, -0.05) is 40.9 Å². The van der Waals surface area contributed by atoms with Gasteiger partial charge >= 0.3 is 11.9 Å². The van der Waals surface area contributed by atoms with Crippen LogP contribution in [0.3, 0.4) is 0 Å². The first kappa shape index (κ1) is 22.2. The average molecular weight is 468 g/mol. The van der Waals surface area contributed by atoms with Crippen molar-refractivity contribution in [3.63, 3.8) is 0 Å². The van der Waals surface area contributed by atoms with E-state index in [1.165, 1.54) is 12.1 Å². The van der Waals surface area contributed by atoms with Crippen molar-refractivity contribution < 1.29 is 29.1 Å². The van der Waals surface area contributed by atoms with Gasteiger partial charge in [0, 0.05) is 23.1 Å². The van der Waals surface area contributed by atoms with Gasteiger partial charge in [-0.25, -0.2) is 9.59 Å². The standard InChI is InChI=1S/C28H22N2O5/c31-27(32)20-15-13-19(14-16-20)23-10-4-11-24-22(26(28(33)34)29-30(23)24)9-5-17-35-25-12-3-7-18-6-1-2-8-21(18)25/h1-4,6-8,10-16H,5,9,17H2,(H2,31,32,33,34)/p+1. The molecule has 0 aliphatic heterocycles. The number of H-pyrrole nitrogens is 1. The normalized spacial score (nSPS) is 11.1. The van der Waals surface area contributed by atoms with Crippen LogP contribution in [0.1, 0.15) is 32.8 Å². The van der Waals surface area contributed by atoms with Gasteiger partial charge in [0.25, 0.3) is 0 Å². The summed E-state index contributed by atoms with van der Waals surface area (Å²) in [7, 11) is 0. The van der Waals surface area contributed by atoms with Crippen molar-refractivity contribution in [2.24, 2.45) is 0 Å². The molecule has 0 aliphatic rings. The maximum atomic E-state index is 12.0. The molecule has 0 amide bonds. The Balaban J connectivity index is 1.40. The Kier molecular flexibility index (Phi) is 5.89. The Morgan fingerprint density at radius 2 is 1.57 bits per heavy atom. The molecule has 174 valence electrons. The summed E-state index contributed by atoms with van der Waals surface area (Å²) in [6, 6.07) is 26.1. The van der Waals surface area contributed by atoms with Gasteiger partial charge in [-0.3, -0.25) is 0 Å². The highest BCUT2D eigenvalue weighted by atomic mass is 16.5. The highest BCUT2D eigenvalue weighted by Crippen LogP contribution is 2.26. The van der Waals surface area contributed by atoms with Crippen LogP contribution in [0, 0.1) is 0 Å². The molecule has 5 rings (SSSR count). The summed E-state index contributed by atoms with van der Waals surface area (Å²) in [6.45, 7) is 0.445. The molecular weight excluding hydrogens is 444 g/mol. The highest BCUT2D eigenvalue weighted by molar-refractivity contribution is 5.90. The van der Waals surface area contributed by atoms with Crippen LogP contribution in [0.2, 0.25) is 0 Å². The second-order valence-electron chi connectivity index (χ2n) is 8.21. The zero-order chi connectivity index (χ0) is 24.4. The topological polar surface area (TPSA) is 104 Å². The molecule has 2 heterocycles. The van der Waals surface area contributed by atoms with Crippen LogP contribution in [0.15, 0.2) is 84.9 Å². The van der Waals surface area contributed by atoms with Gasteiger partial charge in [-0.15, -0.1) is 0 Å². The summed E-state index contributed by atoms with van der Waals surface area (Å²) in [4.78, 5) is 23.2. The SMILES string of the molecule is O=C(O)c1ccc(-c2cccc3c(CCCOc4cccc5ccccc45)c(C(=O)O)[nH][n+]23)cc1. The van der Waals surface area contributed by atoms with E-state index in [9.17, 15) is 14.7 Å². The number of aromatic nitrogens is 2. The molecule has 0 fully saturated rings. The molecule has 3 N–H and O–H groups in total. The molecule has 2 aromatic heterocycles. The number of aryl methyl sites for hydroxylation is 1. The number of nitrogens with zero attached hydrogens (tertiary/aromatic N) is 1. The summed E-state index contributed by atoms with van der Waals surface area (Å²) in [5.41, 5.74) is 3.28. The average Bonchev–Trinajstić information content (AvgIpc) is 3.26. The number of aromatic carboxylic acids is 2. The highest BCUT2D eigenvalue weighted by Gasteiger charge is 2.26. The number of ether oxygens (including phenoxy) is 1. The summed E-state index contributed by atoms with van der Waals surface area (Å²) >= 11 is 0. The minimum Gasteiger partial charge on any atom is -0.493 e. The fraction of sp³-hybridized carbons (Fsp3) is 0.107. The van der Waals surface area contributed by atoms with Crippen LogP contribution in [0.4, 0.5) is 0 Å². The lowest BCUT2D eigenvalue weighted by molar-refractivity contribution is -0.565. The molecule has 0 saturated heterocycles. The molecule has 0 radical (unpaired) electrons. The number of aromatic amines is 1. The van der Waals surface area contributed by atoms with E-state index in [0.717, 1.165) is 33.3 Å². The minimum atomic E-state index is -1.04. The second kappa shape index (κ2) is 9.30. The number of carboxylic acid groups (broad SMARTS) is 2. The quantitative estimate of drug-likeness (QED) is 0.221. The van der Waals surface area contributed by atoms with E-state index in [4.69, 9.17) is 9.84 Å². The van der Waals surface area contributed by atoms with Gasteiger partial charge in [0.15, 0.2) is 5.69 Å². The van der Waals surface area contributed by atoms with Gasteiger partial charge in [-0.05, 0) is 54.6 Å². The monoisotopic (exact) mass is 467 g/mol. The smallest absolute Gasteiger partial charge is 0.358 e. The Morgan fingerprint density at radius 3 is 2.34 bits per heavy atom. The molecule has 0 aliphatic carbocycles. The number of benzene rings is 3. The van der Waals surface area contributed by atoms with Gasteiger partial charge in [0.1, 0.15) is 5.75 Å². The molecule has 35 heavy (non-hydrogen) atoms. The van der Waals surface area contributed by atoms with E-state index < -0.39 is 11.9 Å². The number of carboxylic acids is 2. The number of pyridine rings is 1. The molecule has 0 unspecified atom stereocenters. The van der Waals surface area contributed by atoms with Crippen LogP contribution in [-0.2, 0) is 6.42 Å². The van der Waals surface area contributed by atoms with E-state index in [1.807, 2.05) is 60.7 Å². The first-order chi connectivity index (χ1) is 17.0. The van der Waals surface area contributed by atoms with Crippen molar-refractivity contribution in [1.82, 2.24) is 5.10 Å². The number of rotatable bonds is 8. The lowest BCUT2D eigenvalue weighted by Crippen LogP contribution is -2.27. The first-order valence-corrected chi connectivity index (χ1v) is 11.3. The Labute approximate surface area is 200 Å². The van der Waals surface area contributed by atoms with E-state index >= 15 is 0 Å². The predicted octanol–water partition coefficient (Wildman–Crippen LogP) is 4.98. The number of hydrogen-bond acceptors (Lipinski definition) is 3. The van der Waals surface area contributed by atoms with E-state index in [0.29, 0.717) is 25.0 Å². The molecular formula is C28H23N2O5+. The molecule has 7 nitrogen and oxygen atoms in total. The van der Waals surface area contributed by atoms with E-state index in [-0.39, 0.29) is 11.3 Å². The largest absolute Gasteiger partial charge is 0.493 e. The zero-order valence-electron chi connectivity index (χ0n) is 18.8. The molecule has 0 spiro atoms. The lowest BCUT2D eigenvalue weighted by Gasteiger charge is -2.09. The summed E-state index contributed by atoms with van der Waals surface area (Å²) < 4.78 is 7.78. The third-order valence-electron chi connectivity index (χ3n) is 6.04. The maximum absolute atomic E-state index is 12.0. The third kappa shape index (κ3) is 4.31. The van der Waals surface area contributed by atoms with Crippen LogP contribution >= 0.6 is 0 Å². The van der Waals surface area contributed by atoms with Gasteiger partial charge in [-0.2, -0.15) is 5.10 Å². The van der Waals surface area contributed by atoms with Gasteiger partial charge in [0.05, 0.1) is 17.7 Å². The van der Waals surface area contributed by atoms with Crippen molar-refractivity contribution >= 4 is 28.2 Å². The number of carbonyl (C=O) groups is 2. The minimum absolute atomic E-state index is 0.129. The molecule has 7 heteroatoms. The third-order valence-corrected chi connectivity index (χ3v) is 6.04. The molecule has 5 aromatic rings. The number of hydrogen-bond donors (Lipinski definition) is 3. The van der Waals surface area contributed by atoms with Gasteiger partial charge in [0.2, 0.25) is 11.2 Å². The fourth-order valence-corrected chi connectivity index (χ4v) is 4.36. The summed E-state index contributed by atoms with van der Waals surface area (Å²) in [5.74, 6) is -1.23. The Bertz CT molecular complexity index is 1550. The summed E-state index contributed by atoms with van der Waals surface area (Å²) in [5, 5.41) is 24.2. The van der Waals surface area contributed by atoms with E-state index in [2.05, 4.69) is 5.10 Å². The number of fused-ring (bicyclic) bond motifs is 2. The van der Waals surface area contributed by atoms with Gasteiger partial charge < -0.3 is 14.9 Å². The van der Waals surface area contributed by atoms with Crippen molar-refractivity contribution in [2.75, 3.05) is 6.61 Å². The molecule has 0 atom stereocenters. The lowest BCUT2D eigenvalue weighted by atomic mass is 10.1. The molecule has 0 saturated carbocycles. The van der Waals surface area contributed by atoms with Crippen molar-refractivity contribution in [2.45, 2.75) is 12.8 Å². The van der Waals surface area contributed by atoms with Crippen molar-refractivity contribution in [3.8, 4) is 17.0 Å². The molecule has 0 bridgehead atoms. The second-order valence-corrected chi connectivity index (χ2v) is 8.21. The van der Waals surface area contributed by atoms with Crippen molar-refractivity contribution in [1.29, 1.82) is 0 Å². The maximum Gasteiger partial charge on any atom is 0.358 e. The van der Waals surface area contributed by atoms with Crippen LogP contribution in [0.25, 0.3) is 27.5 Å². The van der Waals surface area contributed by atoms with Crippen LogP contribution in [-0.4, -0.2) is 33.9 Å². The first-order valence-electron chi connectivity index (χ1n) is 11.3. The fourth-order valence-electron chi connectivity index (χ4n) is 4.36.